The van der Waals surface area contributed by atoms with E-state index in [9.17, 15) is 39.3 Å². The van der Waals surface area contributed by atoms with Crippen molar-refractivity contribution in [1.29, 1.82) is 0 Å². The number of aromatic nitrogens is 1. The highest BCUT2D eigenvalue weighted by Gasteiger charge is 2.50. The molecule has 1 atom stereocenters. The van der Waals surface area contributed by atoms with Gasteiger partial charge in [-0.15, -0.1) is 0 Å². The number of amides is 3. The summed E-state index contributed by atoms with van der Waals surface area (Å²) in [6.45, 7) is 0.540. The van der Waals surface area contributed by atoms with Crippen LogP contribution in [0, 0.1) is 23.2 Å². The first-order chi connectivity index (χ1) is 23.9. The number of carbonyl (C=O) groups excluding carboxylic acids is 3. The summed E-state index contributed by atoms with van der Waals surface area (Å²) in [6, 6.07) is 13.0. The highest BCUT2D eigenvalue weighted by atomic mass is 16.4. The number of hydrogen-bond donors (Lipinski definition) is 7. The number of benzene rings is 3. The number of carboxylic acid groups (broad SMARTS) is 2. The third kappa shape index (κ3) is 6.78. The van der Waals surface area contributed by atoms with Gasteiger partial charge < -0.3 is 36.3 Å². The van der Waals surface area contributed by atoms with Crippen molar-refractivity contribution in [2.45, 2.75) is 51.0 Å². The average molecular weight is 679 g/mol. The second kappa shape index (κ2) is 13.0. The van der Waals surface area contributed by atoms with Crippen LogP contribution in [0.3, 0.4) is 0 Å². The van der Waals surface area contributed by atoms with Crippen LogP contribution in [0.4, 0.5) is 5.69 Å². The fraction of sp³-hybridized carbons (Fsp3) is 0.342. The number of H-pyrrole nitrogens is 1. The summed E-state index contributed by atoms with van der Waals surface area (Å²) >= 11 is 0. The van der Waals surface area contributed by atoms with Gasteiger partial charge in [0, 0.05) is 35.8 Å². The van der Waals surface area contributed by atoms with Gasteiger partial charge in [-0.05, 0) is 116 Å². The number of carbonyl (C=O) groups is 5. The van der Waals surface area contributed by atoms with Crippen molar-refractivity contribution in [3.8, 4) is 5.75 Å². The van der Waals surface area contributed by atoms with Crippen LogP contribution in [-0.4, -0.2) is 62.6 Å². The van der Waals surface area contributed by atoms with Gasteiger partial charge in [0.1, 0.15) is 11.8 Å². The molecule has 4 aliphatic rings. The summed E-state index contributed by atoms with van der Waals surface area (Å²) in [5.41, 5.74) is 0.795. The molecule has 4 aromatic rings. The van der Waals surface area contributed by atoms with Crippen molar-refractivity contribution < 1.29 is 39.3 Å². The van der Waals surface area contributed by atoms with Crippen molar-refractivity contribution in [3.05, 3.63) is 94.7 Å². The highest BCUT2D eigenvalue weighted by molar-refractivity contribution is 6.11. The maximum absolute atomic E-state index is 14.1. The molecule has 1 heterocycles. The summed E-state index contributed by atoms with van der Waals surface area (Å²) in [6.07, 6.45) is 8.85. The normalized spacial score (nSPS) is 22.5. The zero-order chi connectivity index (χ0) is 35.2. The molecule has 4 bridgehead atoms. The van der Waals surface area contributed by atoms with E-state index in [1.807, 2.05) is 0 Å². The first-order valence-electron chi connectivity index (χ1n) is 16.8. The molecule has 0 saturated heterocycles. The molecule has 258 valence electrons. The van der Waals surface area contributed by atoms with Crippen LogP contribution in [0.15, 0.2) is 66.9 Å². The molecule has 3 amide bonds. The number of aromatic hydroxyl groups is 1. The third-order valence-electron chi connectivity index (χ3n) is 10.7. The van der Waals surface area contributed by atoms with Gasteiger partial charge >= 0.3 is 11.9 Å². The Morgan fingerprint density at radius 2 is 1.38 bits per heavy atom. The van der Waals surface area contributed by atoms with Crippen molar-refractivity contribution in [3.63, 3.8) is 0 Å². The monoisotopic (exact) mass is 678 g/mol. The molecule has 1 aromatic heterocycles. The Balaban J connectivity index is 1.15. The molecule has 8 rings (SSSR count). The van der Waals surface area contributed by atoms with E-state index in [4.69, 9.17) is 0 Å². The molecule has 3 aromatic carbocycles. The Bertz CT molecular complexity index is 1950. The predicted molar refractivity (Wildman–Crippen MR) is 183 cm³/mol. The molecular weight excluding hydrogens is 640 g/mol. The van der Waals surface area contributed by atoms with Crippen LogP contribution in [-0.2, 0) is 11.2 Å². The lowest BCUT2D eigenvalue weighted by Gasteiger charge is -2.56. The Labute approximate surface area is 287 Å². The van der Waals surface area contributed by atoms with E-state index in [0.29, 0.717) is 40.8 Å². The Morgan fingerprint density at radius 3 is 1.98 bits per heavy atom. The van der Waals surface area contributed by atoms with Crippen molar-refractivity contribution in [1.82, 2.24) is 15.6 Å². The molecule has 50 heavy (non-hydrogen) atoms. The van der Waals surface area contributed by atoms with Gasteiger partial charge in [-0.1, -0.05) is 12.1 Å². The number of phenols is 1. The number of nitrogens with one attached hydrogen (secondary N) is 4. The minimum Gasteiger partial charge on any atom is -0.508 e. The lowest BCUT2D eigenvalue weighted by molar-refractivity contribution is -0.118. The largest absolute Gasteiger partial charge is 0.508 e. The zero-order valence-electron chi connectivity index (χ0n) is 27.2. The molecule has 4 saturated carbocycles. The highest BCUT2D eigenvalue weighted by Crippen LogP contribution is 2.59. The number of aromatic amines is 1. The second-order valence-corrected chi connectivity index (χ2v) is 14.4. The zero-order valence-corrected chi connectivity index (χ0v) is 27.2. The van der Waals surface area contributed by atoms with Crippen molar-refractivity contribution in [2.75, 3.05) is 11.9 Å². The fourth-order valence-electron chi connectivity index (χ4n) is 8.83. The van der Waals surface area contributed by atoms with Crippen LogP contribution in [0.5, 0.6) is 5.75 Å². The molecular formula is C38H38N4O8. The number of anilines is 1. The van der Waals surface area contributed by atoms with Crippen LogP contribution >= 0.6 is 0 Å². The predicted octanol–water partition coefficient (Wildman–Crippen LogP) is 5.20. The number of rotatable bonds is 11. The van der Waals surface area contributed by atoms with Gasteiger partial charge in [-0.2, -0.15) is 0 Å². The molecule has 1 unspecified atom stereocenters. The first-order valence-corrected chi connectivity index (χ1v) is 16.8. The molecule has 0 spiro atoms. The minimum atomic E-state index is -1.38. The van der Waals surface area contributed by atoms with Crippen molar-refractivity contribution >= 4 is 46.3 Å². The van der Waals surface area contributed by atoms with Crippen LogP contribution in [0.2, 0.25) is 0 Å². The van der Waals surface area contributed by atoms with E-state index in [0.717, 1.165) is 37.5 Å². The summed E-state index contributed by atoms with van der Waals surface area (Å²) in [4.78, 5) is 68.2. The van der Waals surface area contributed by atoms with Gasteiger partial charge in [0.15, 0.2) is 0 Å². The maximum Gasteiger partial charge on any atom is 0.335 e. The SMILES string of the molecule is O=C(O)c1cc(NC(=O)C(Cc2ccc(O)cc2)NC(=O)c2cc3cc[nH]c3cc2C(=O)NCC23CC4CC(CC(C4)C2)C3)cc(C(=O)O)c1. The molecule has 12 heteroatoms. The Hall–Kier alpha value is -5.65. The van der Waals surface area contributed by atoms with Gasteiger partial charge in [-0.3, -0.25) is 14.4 Å². The lowest BCUT2D eigenvalue weighted by Crippen LogP contribution is -2.51. The van der Waals surface area contributed by atoms with E-state index in [1.54, 1.807) is 36.5 Å². The van der Waals surface area contributed by atoms with Gasteiger partial charge in [0.05, 0.1) is 22.3 Å². The summed E-state index contributed by atoms with van der Waals surface area (Å²) in [7, 11) is 0. The molecule has 0 aliphatic heterocycles. The van der Waals surface area contributed by atoms with E-state index in [-0.39, 0.29) is 51.4 Å². The lowest BCUT2D eigenvalue weighted by atomic mass is 9.49. The Morgan fingerprint density at radius 1 is 0.780 bits per heavy atom. The summed E-state index contributed by atoms with van der Waals surface area (Å²) < 4.78 is 0. The minimum absolute atomic E-state index is 0.00877. The number of carboxylic acids is 2. The molecule has 12 nitrogen and oxygen atoms in total. The first kappa shape index (κ1) is 32.9. The topological polar surface area (TPSA) is 198 Å². The fourth-order valence-corrected chi connectivity index (χ4v) is 8.83. The third-order valence-corrected chi connectivity index (χ3v) is 10.7. The number of hydrogen-bond acceptors (Lipinski definition) is 6. The van der Waals surface area contributed by atoms with E-state index < -0.39 is 29.8 Å². The molecule has 0 radical (unpaired) electrons. The molecule has 4 aliphatic carbocycles. The Kier molecular flexibility index (Phi) is 8.54. The summed E-state index contributed by atoms with van der Waals surface area (Å²) in [5.74, 6) is -2.42. The standard InChI is InChI=1S/C38H38N4O8/c43-28-3-1-20(2-4-28)10-32(35(46)41-27-12-25(36(47)48)11-26(13-27)37(49)50)42-34(45)29-14-24-5-6-39-31(24)15-30(29)33(44)40-19-38-16-21-7-22(17-38)9-23(8-21)18-38/h1-6,11-15,21-23,32,39,43H,7-10,16-19H2,(H,40,44)(H,41,46)(H,42,45)(H,47,48)(H,49,50). The smallest absolute Gasteiger partial charge is 0.335 e. The van der Waals surface area contributed by atoms with Crippen LogP contribution in [0.1, 0.15) is 85.5 Å². The van der Waals surface area contributed by atoms with Crippen LogP contribution < -0.4 is 16.0 Å². The summed E-state index contributed by atoms with van der Waals surface area (Å²) in [5, 5.41) is 38.0. The van der Waals surface area contributed by atoms with E-state index in [1.165, 1.54) is 31.4 Å². The molecule has 4 fully saturated rings. The second-order valence-electron chi connectivity index (χ2n) is 14.4. The van der Waals surface area contributed by atoms with Gasteiger partial charge in [-0.25, -0.2) is 9.59 Å². The van der Waals surface area contributed by atoms with Gasteiger partial charge in [0.25, 0.3) is 11.8 Å². The van der Waals surface area contributed by atoms with E-state index >= 15 is 0 Å². The quantitative estimate of drug-likeness (QED) is 0.112. The van der Waals surface area contributed by atoms with Crippen LogP contribution in [0.25, 0.3) is 10.9 Å². The van der Waals surface area contributed by atoms with Crippen molar-refractivity contribution in [2.24, 2.45) is 23.2 Å². The average Bonchev–Trinajstić information content (AvgIpc) is 3.54. The number of aromatic carboxylic acids is 2. The van der Waals surface area contributed by atoms with E-state index in [2.05, 4.69) is 20.9 Å². The molecule has 7 N–H and O–H groups in total. The number of fused-ring (bicyclic) bond motifs is 1. The maximum atomic E-state index is 14.1. The number of phenolic OH excluding ortho intramolecular Hbond substituents is 1. The van der Waals surface area contributed by atoms with Gasteiger partial charge in [0.2, 0.25) is 5.91 Å².